The molecule has 1 saturated heterocycles. The van der Waals surface area contributed by atoms with E-state index in [0.29, 0.717) is 22.2 Å². The predicted octanol–water partition coefficient (Wildman–Crippen LogP) is 7.28. The minimum atomic E-state index is -0.0695. The van der Waals surface area contributed by atoms with Crippen LogP contribution in [-0.4, -0.2) is 5.78 Å². The molecule has 148 valence electrons. The Morgan fingerprint density at radius 2 is 1.38 bits per heavy atom. The number of anilines is 1. The van der Waals surface area contributed by atoms with Crippen LogP contribution in [0.5, 0.6) is 0 Å². The van der Waals surface area contributed by atoms with E-state index in [2.05, 4.69) is 24.0 Å². The monoisotopic (exact) mass is 423 g/mol. The molecule has 4 heteroatoms. The Kier molecular flexibility index (Phi) is 5.94. The standard InChI is InChI=1S/C25H23Cl2NO/c1-2-22-24(29)16-23(17-8-12-19(26)13-9-17)28(21-6-4-3-5-7-21)25(22)18-10-14-20(27)15-11-18/h3-15,22-23,25H,2,16H2,1H3/t22-,23+,25+/m0/s1. The van der Waals surface area contributed by atoms with Crippen molar-refractivity contribution in [2.75, 3.05) is 4.90 Å². The van der Waals surface area contributed by atoms with Gasteiger partial charge in [-0.25, -0.2) is 0 Å². The first-order valence-corrected chi connectivity index (χ1v) is 10.7. The molecule has 4 rings (SSSR count). The molecule has 3 atom stereocenters. The molecule has 0 saturated carbocycles. The van der Waals surface area contributed by atoms with Crippen LogP contribution in [0.15, 0.2) is 78.9 Å². The lowest BCUT2D eigenvalue weighted by Gasteiger charge is -2.47. The number of hydrogen-bond acceptors (Lipinski definition) is 2. The third-order valence-corrected chi connectivity index (χ3v) is 6.29. The lowest BCUT2D eigenvalue weighted by molar-refractivity contribution is -0.125. The van der Waals surface area contributed by atoms with Crippen LogP contribution in [0.2, 0.25) is 10.0 Å². The molecule has 0 aliphatic carbocycles. The third-order valence-electron chi connectivity index (χ3n) is 5.79. The molecule has 1 aliphatic heterocycles. The van der Waals surface area contributed by atoms with Gasteiger partial charge in [0, 0.05) is 28.1 Å². The summed E-state index contributed by atoms with van der Waals surface area (Å²) in [6, 6.07) is 26.0. The first kappa shape index (κ1) is 20.0. The maximum absolute atomic E-state index is 13.2. The number of para-hydroxylation sites is 1. The number of carbonyl (C=O) groups excluding carboxylic acids is 1. The van der Waals surface area contributed by atoms with Crippen molar-refractivity contribution in [3.63, 3.8) is 0 Å². The van der Waals surface area contributed by atoms with Crippen LogP contribution in [-0.2, 0) is 4.79 Å². The number of nitrogens with zero attached hydrogens (tertiary/aromatic N) is 1. The van der Waals surface area contributed by atoms with Crippen LogP contribution in [0.3, 0.4) is 0 Å². The lowest BCUT2D eigenvalue weighted by atomic mass is 9.77. The Balaban J connectivity index is 1.88. The van der Waals surface area contributed by atoms with Gasteiger partial charge in [0.1, 0.15) is 5.78 Å². The lowest BCUT2D eigenvalue weighted by Crippen LogP contribution is -2.45. The first-order valence-electron chi connectivity index (χ1n) is 9.95. The van der Waals surface area contributed by atoms with Crippen molar-refractivity contribution >= 4 is 34.7 Å². The highest BCUT2D eigenvalue weighted by molar-refractivity contribution is 6.30. The fourth-order valence-corrected chi connectivity index (χ4v) is 4.66. The second-order valence-corrected chi connectivity index (χ2v) is 8.36. The SMILES string of the molecule is CC[C@H]1C(=O)C[C@H](c2ccc(Cl)cc2)N(c2ccccc2)[C@@H]1c1ccc(Cl)cc1. The van der Waals surface area contributed by atoms with Crippen LogP contribution < -0.4 is 4.90 Å². The molecule has 2 nitrogen and oxygen atoms in total. The van der Waals surface area contributed by atoms with Crippen LogP contribution in [0, 0.1) is 5.92 Å². The van der Waals surface area contributed by atoms with Crippen molar-refractivity contribution in [1.82, 2.24) is 0 Å². The molecular weight excluding hydrogens is 401 g/mol. The van der Waals surface area contributed by atoms with Crippen molar-refractivity contribution < 1.29 is 4.79 Å². The Labute approximate surface area is 182 Å². The normalized spacial score (nSPS) is 22.0. The summed E-state index contributed by atoms with van der Waals surface area (Å²) >= 11 is 12.3. The summed E-state index contributed by atoms with van der Waals surface area (Å²) < 4.78 is 0. The van der Waals surface area contributed by atoms with Gasteiger partial charge in [-0.1, -0.05) is 72.6 Å². The fourth-order valence-electron chi connectivity index (χ4n) is 4.41. The second-order valence-electron chi connectivity index (χ2n) is 7.49. The van der Waals surface area contributed by atoms with Crippen molar-refractivity contribution in [3.8, 4) is 0 Å². The molecule has 0 unspecified atom stereocenters. The summed E-state index contributed by atoms with van der Waals surface area (Å²) in [5, 5.41) is 1.40. The van der Waals surface area contributed by atoms with Gasteiger partial charge in [-0.05, 0) is 53.9 Å². The van der Waals surface area contributed by atoms with E-state index in [1.165, 1.54) is 0 Å². The van der Waals surface area contributed by atoms with Crippen molar-refractivity contribution in [2.24, 2.45) is 5.92 Å². The Morgan fingerprint density at radius 1 is 0.828 bits per heavy atom. The van der Waals surface area contributed by atoms with Gasteiger partial charge in [0.05, 0.1) is 12.1 Å². The maximum Gasteiger partial charge on any atom is 0.140 e. The summed E-state index contributed by atoms with van der Waals surface area (Å²) in [5.74, 6) is 0.236. The third kappa shape index (κ3) is 4.05. The van der Waals surface area contributed by atoms with E-state index in [1.54, 1.807) is 0 Å². The Bertz CT molecular complexity index is 970. The minimum absolute atomic E-state index is 0.0503. The molecule has 1 fully saturated rings. The molecule has 1 aliphatic rings. The number of rotatable bonds is 4. The Hall–Kier alpha value is -2.29. The number of halogens is 2. The molecule has 29 heavy (non-hydrogen) atoms. The van der Waals surface area contributed by atoms with Gasteiger partial charge in [0.2, 0.25) is 0 Å². The molecule has 3 aromatic rings. The molecular formula is C25H23Cl2NO. The zero-order valence-electron chi connectivity index (χ0n) is 16.3. The number of carbonyl (C=O) groups is 1. The number of benzene rings is 3. The van der Waals surface area contributed by atoms with Gasteiger partial charge >= 0.3 is 0 Å². The zero-order chi connectivity index (χ0) is 20.4. The molecule has 0 aromatic heterocycles. The zero-order valence-corrected chi connectivity index (χ0v) is 17.8. The summed E-state index contributed by atoms with van der Waals surface area (Å²) in [4.78, 5) is 15.6. The summed E-state index contributed by atoms with van der Waals surface area (Å²) in [5.41, 5.74) is 3.32. The van der Waals surface area contributed by atoms with Crippen molar-refractivity contribution in [2.45, 2.75) is 31.8 Å². The summed E-state index contributed by atoms with van der Waals surface area (Å²) in [7, 11) is 0. The fraction of sp³-hybridized carbons (Fsp3) is 0.240. The Morgan fingerprint density at radius 3 is 1.93 bits per heavy atom. The van der Waals surface area contributed by atoms with Crippen LogP contribution in [0.1, 0.15) is 43.0 Å². The number of ketones is 1. The van der Waals surface area contributed by atoms with Crippen molar-refractivity contribution in [1.29, 1.82) is 0 Å². The van der Waals surface area contributed by atoms with Gasteiger partial charge in [0.15, 0.2) is 0 Å². The second kappa shape index (κ2) is 8.61. The smallest absolute Gasteiger partial charge is 0.140 e. The highest BCUT2D eigenvalue weighted by atomic mass is 35.5. The van der Waals surface area contributed by atoms with E-state index < -0.39 is 0 Å². The highest BCUT2D eigenvalue weighted by Gasteiger charge is 2.42. The van der Waals surface area contributed by atoms with Crippen molar-refractivity contribution in [3.05, 3.63) is 100 Å². The summed E-state index contributed by atoms with van der Waals surface area (Å²) in [6.45, 7) is 2.09. The molecule has 1 heterocycles. The average molecular weight is 424 g/mol. The summed E-state index contributed by atoms with van der Waals surface area (Å²) in [6.07, 6.45) is 1.28. The highest BCUT2D eigenvalue weighted by Crippen LogP contribution is 2.47. The van der Waals surface area contributed by atoms with E-state index in [1.807, 2.05) is 66.7 Å². The minimum Gasteiger partial charge on any atom is -0.356 e. The van der Waals surface area contributed by atoms with Crippen LogP contribution >= 0.6 is 23.2 Å². The van der Waals surface area contributed by atoms with Crippen LogP contribution in [0.25, 0.3) is 0 Å². The van der Waals surface area contributed by atoms with E-state index >= 15 is 0 Å². The molecule has 0 amide bonds. The van der Waals surface area contributed by atoms with E-state index in [-0.39, 0.29) is 18.0 Å². The average Bonchev–Trinajstić information content (AvgIpc) is 2.75. The van der Waals surface area contributed by atoms with Crippen LogP contribution in [0.4, 0.5) is 5.69 Å². The van der Waals surface area contributed by atoms with Gasteiger partial charge in [0.25, 0.3) is 0 Å². The predicted molar refractivity (Wildman–Crippen MR) is 121 cm³/mol. The van der Waals surface area contributed by atoms with Gasteiger partial charge in [-0.3, -0.25) is 4.79 Å². The van der Waals surface area contributed by atoms with E-state index in [0.717, 1.165) is 23.2 Å². The first-order chi connectivity index (χ1) is 14.1. The largest absolute Gasteiger partial charge is 0.356 e. The quantitative estimate of drug-likeness (QED) is 0.439. The van der Waals surface area contributed by atoms with Gasteiger partial charge in [-0.15, -0.1) is 0 Å². The molecule has 0 spiro atoms. The molecule has 3 aromatic carbocycles. The molecule has 0 N–H and O–H groups in total. The van der Waals surface area contributed by atoms with E-state index in [4.69, 9.17) is 23.2 Å². The number of piperidine rings is 1. The van der Waals surface area contributed by atoms with Gasteiger partial charge < -0.3 is 4.90 Å². The maximum atomic E-state index is 13.2. The number of Topliss-reactive ketones (excluding diaryl/α,β-unsaturated/α-hetero) is 1. The topological polar surface area (TPSA) is 20.3 Å². The van der Waals surface area contributed by atoms with E-state index in [9.17, 15) is 4.79 Å². The number of hydrogen-bond donors (Lipinski definition) is 0. The molecule has 0 bridgehead atoms. The van der Waals surface area contributed by atoms with Gasteiger partial charge in [-0.2, -0.15) is 0 Å². The molecule has 0 radical (unpaired) electrons.